The van der Waals surface area contributed by atoms with E-state index in [0.717, 1.165) is 0 Å². The van der Waals surface area contributed by atoms with E-state index >= 15 is 0 Å². The van der Waals surface area contributed by atoms with Gasteiger partial charge in [0.15, 0.2) is 0 Å². The van der Waals surface area contributed by atoms with Crippen molar-refractivity contribution in [3.63, 3.8) is 0 Å². The normalized spacial score (nSPS) is 24.3. The van der Waals surface area contributed by atoms with Crippen molar-refractivity contribution in [3.8, 4) is 0 Å². The number of hydrogen-bond acceptors (Lipinski definition) is 5. The summed E-state index contributed by atoms with van der Waals surface area (Å²) >= 11 is 0. The third-order valence-corrected chi connectivity index (χ3v) is 4.60. The predicted octanol–water partition coefficient (Wildman–Crippen LogP) is 1.85. The van der Waals surface area contributed by atoms with E-state index in [-0.39, 0.29) is 17.9 Å². The maximum Gasteiger partial charge on any atom is 0.490 e. The molecule has 0 unspecified atom stereocenters. The summed E-state index contributed by atoms with van der Waals surface area (Å²) in [6.07, 6.45) is 1.70. The Labute approximate surface area is 172 Å². The lowest BCUT2D eigenvalue weighted by Crippen LogP contribution is -2.62. The van der Waals surface area contributed by atoms with Gasteiger partial charge in [-0.05, 0) is 25.7 Å². The van der Waals surface area contributed by atoms with E-state index in [2.05, 4.69) is 17.2 Å². The van der Waals surface area contributed by atoms with Crippen molar-refractivity contribution in [2.75, 3.05) is 0 Å². The van der Waals surface area contributed by atoms with Crippen LogP contribution in [0.4, 0.5) is 13.2 Å². The highest BCUT2D eigenvalue weighted by Gasteiger charge is 2.47. The number of nitrogens with one attached hydrogen (secondary N) is 2. The van der Waals surface area contributed by atoms with Gasteiger partial charge in [-0.3, -0.25) is 14.9 Å². The topological polar surface area (TPSA) is 136 Å². The minimum absolute atomic E-state index is 0.0960. The number of amides is 1. The number of rotatable bonds is 8. The standard InChI is InChI=1S/C17H28N2O4.C2HF3O2/c1-5-8-12-10-13(16(21)22)19-14(12)15(18-11(4)20)17(23,7-3)9-6-2;3-2(4,5)1(6)7/h5,7-8,12-15,19,23H,3,6,9-10H2,1-2,4H3,(H,18,20)(H,21,22);(H,6,7)/b8-5-;/t12-,13-,14-,15-,17+;/m1./s1. The Balaban J connectivity index is 0.00000103. The molecule has 1 fully saturated rings. The molecule has 0 aromatic rings. The molecule has 30 heavy (non-hydrogen) atoms. The molecule has 8 nitrogen and oxygen atoms in total. The van der Waals surface area contributed by atoms with Gasteiger partial charge in [-0.1, -0.05) is 31.6 Å². The van der Waals surface area contributed by atoms with Crippen molar-refractivity contribution in [3.05, 3.63) is 24.8 Å². The van der Waals surface area contributed by atoms with Gasteiger partial charge in [-0.15, -0.1) is 6.58 Å². The number of aliphatic hydroxyl groups is 1. The molecule has 0 bridgehead atoms. The Kier molecular flexibility index (Phi) is 10.8. The number of allylic oxidation sites excluding steroid dienone is 1. The van der Waals surface area contributed by atoms with Crippen LogP contribution in [0.25, 0.3) is 0 Å². The summed E-state index contributed by atoms with van der Waals surface area (Å²) < 4.78 is 31.7. The van der Waals surface area contributed by atoms with Gasteiger partial charge in [0.1, 0.15) is 11.6 Å². The molecule has 5 N–H and O–H groups in total. The third kappa shape index (κ3) is 8.15. The zero-order valence-electron chi connectivity index (χ0n) is 17.1. The Morgan fingerprint density at radius 3 is 2.17 bits per heavy atom. The van der Waals surface area contributed by atoms with Gasteiger partial charge < -0.3 is 20.6 Å². The van der Waals surface area contributed by atoms with Crippen LogP contribution in [0.2, 0.25) is 0 Å². The number of carboxylic acids is 2. The average Bonchev–Trinajstić information content (AvgIpc) is 3.03. The molecular formula is C19H29F3N2O6. The molecule has 1 saturated heterocycles. The van der Waals surface area contributed by atoms with Gasteiger partial charge in [0.05, 0.1) is 6.04 Å². The van der Waals surface area contributed by atoms with Crippen molar-refractivity contribution in [2.45, 2.75) is 69.9 Å². The van der Waals surface area contributed by atoms with E-state index in [1.54, 1.807) is 0 Å². The van der Waals surface area contributed by atoms with E-state index in [4.69, 9.17) is 9.90 Å². The molecule has 1 heterocycles. The lowest BCUT2D eigenvalue weighted by atomic mass is 9.80. The Morgan fingerprint density at radius 2 is 1.83 bits per heavy atom. The van der Waals surface area contributed by atoms with Gasteiger partial charge in [0.2, 0.25) is 5.91 Å². The lowest BCUT2D eigenvalue weighted by molar-refractivity contribution is -0.192. The Morgan fingerprint density at radius 1 is 1.30 bits per heavy atom. The fourth-order valence-electron chi connectivity index (χ4n) is 3.33. The molecule has 0 spiro atoms. The van der Waals surface area contributed by atoms with Crippen molar-refractivity contribution >= 4 is 17.8 Å². The van der Waals surface area contributed by atoms with Gasteiger partial charge in [-0.2, -0.15) is 13.2 Å². The van der Waals surface area contributed by atoms with Crippen LogP contribution in [0, 0.1) is 5.92 Å². The molecule has 172 valence electrons. The van der Waals surface area contributed by atoms with E-state index < -0.39 is 35.8 Å². The van der Waals surface area contributed by atoms with Gasteiger partial charge in [0.25, 0.3) is 0 Å². The van der Waals surface area contributed by atoms with Crippen molar-refractivity contribution in [2.24, 2.45) is 5.92 Å². The van der Waals surface area contributed by atoms with Crippen molar-refractivity contribution in [1.29, 1.82) is 0 Å². The van der Waals surface area contributed by atoms with Crippen LogP contribution < -0.4 is 10.6 Å². The van der Waals surface area contributed by atoms with Crippen LogP contribution in [0.1, 0.15) is 40.0 Å². The second-order valence-corrected chi connectivity index (χ2v) is 6.94. The zero-order chi connectivity index (χ0) is 23.7. The smallest absolute Gasteiger partial charge is 0.480 e. The quantitative estimate of drug-likeness (QED) is 0.365. The second-order valence-electron chi connectivity index (χ2n) is 6.94. The van der Waals surface area contributed by atoms with Gasteiger partial charge in [0, 0.05) is 13.0 Å². The van der Waals surface area contributed by atoms with Gasteiger partial charge >= 0.3 is 18.1 Å². The summed E-state index contributed by atoms with van der Waals surface area (Å²) in [4.78, 5) is 31.9. The number of carbonyl (C=O) groups excluding carboxylic acids is 1. The van der Waals surface area contributed by atoms with Crippen LogP contribution in [-0.2, 0) is 14.4 Å². The second kappa shape index (κ2) is 11.7. The Hall–Kier alpha value is -2.40. The summed E-state index contributed by atoms with van der Waals surface area (Å²) in [6, 6.07) is -1.73. The highest BCUT2D eigenvalue weighted by atomic mass is 19.4. The van der Waals surface area contributed by atoms with Crippen molar-refractivity contribution in [1.82, 2.24) is 10.6 Å². The van der Waals surface area contributed by atoms with Crippen LogP contribution in [-0.4, -0.2) is 63.1 Å². The van der Waals surface area contributed by atoms with E-state index in [0.29, 0.717) is 19.3 Å². The first-order valence-corrected chi connectivity index (χ1v) is 9.28. The van der Waals surface area contributed by atoms with Gasteiger partial charge in [-0.25, -0.2) is 4.79 Å². The predicted molar refractivity (Wildman–Crippen MR) is 103 cm³/mol. The minimum atomic E-state index is -5.08. The van der Waals surface area contributed by atoms with Crippen LogP contribution >= 0.6 is 0 Å². The first-order valence-electron chi connectivity index (χ1n) is 9.28. The molecule has 1 rings (SSSR count). The zero-order valence-corrected chi connectivity index (χ0v) is 17.1. The number of halogens is 3. The van der Waals surface area contributed by atoms with E-state index in [9.17, 15) is 33.0 Å². The molecular weight excluding hydrogens is 409 g/mol. The Bertz CT molecular complexity index is 653. The number of carbonyl (C=O) groups is 3. The first kappa shape index (κ1) is 27.6. The van der Waals surface area contributed by atoms with Crippen LogP contribution in [0.3, 0.4) is 0 Å². The number of aliphatic carboxylic acids is 2. The molecule has 1 aliphatic heterocycles. The highest BCUT2D eigenvalue weighted by Crippen LogP contribution is 2.31. The summed E-state index contributed by atoms with van der Waals surface area (Å²) in [6.45, 7) is 8.90. The lowest BCUT2D eigenvalue weighted by Gasteiger charge is -2.39. The fourth-order valence-corrected chi connectivity index (χ4v) is 3.33. The number of alkyl halides is 3. The highest BCUT2D eigenvalue weighted by molar-refractivity contribution is 5.75. The summed E-state index contributed by atoms with van der Waals surface area (Å²) in [7, 11) is 0. The third-order valence-electron chi connectivity index (χ3n) is 4.60. The molecule has 11 heteroatoms. The SMILES string of the molecule is C=C[C@](O)(CCC)[C@H](NC(C)=O)[C@@H]1N[C@@H](C(=O)O)C[C@H]1/C=C\C.O=C(O)C(F)(F)F. The maximum absolute atomic E-state index is 11.6. The summed E-state index contributed by atoms with van der Waals surface area (Å²) in [5.41, 5.74) is -1.30. The summed E-state index contributed by atoms with van der Waals surface area (Å²) in [5, 5.41) is 33.2. The summed E-state index contributed by atoms with van der Waals surface area (Å²) in [5.74, 6) is -4.05. The minimum Gasteiger partial charge on any atom is -0.480 e. The van der Waals surface area contributed by atoms with E-state index in [1.807, 2.05) is 26.0 Å². The molecule has 1 aliphatic rings. The molecule has 0 aliphatic carbocycles. The van der Waals surface area contributed by atoms with Crippen molar-refractivity contribution < 1.29 is 42.9 Å². The molecule has 5 atom stereocenters. The molecule has 0 saturated carbocycles. The molecule has 0 aromatic heterocycles. The average molecular weight is 438 g/mol. The number of carboxylic acid groups (broad SMARTS) is 2. The maximum atomic E-state index is 11.6. The fraction of sp³-hybridized carbons (Fsp3) is 0.632. The molecule has 0 radical (unpaired) electrons. The largest absolute Gasteiger partial charge is 0.490 e. The molecule has 1 amide bonds. The monoisotopic (exact) mass is 438 g/mol. The number of hydrogen-bond donors (Lipinski definition) is 5. The van der Waals surface area contributed by atoms with E-state index in [1.165, 1.54) is 13.0 Å². The van der Waals surface area contributed by atoms with Crippen LogP contribution in [0.5, 0.6) is 0 Å². The first-order chi connectivity index (χ1) is 13.7. The molecule has 0 aromatic carbocycles. The van der Waals surface area contributed by atoms with Crippen LogP contribution in [0.15, 0.2) is 24.8 Å².